The summed E-state index contributed by atoms with van der Waals surface area (Å²) in [5.41, 5.74) is 5.94. The molecule has 6 heteroatoms. The van der Waals surface area contributed by atoms with Crippen molar-refractivity contribution in [2.75, 3.05) is 13.2 Å². The van der Waals surface area contributed by atoms with E-state index >= 15 is 0 Å². The van der Waals surface area contributed by atoms with Crippen LogP contribution in [0, 0.1) is 0 Å². The van der Waals surface area contributed by atoms with Gasteiger partial charge < -0.3 is 19.7 Å². The first kappa shape index (κ1) is 13.5. The van der Waals surface area contributed by atoms with Crippen molar-refractivity contribution in [2.24, 2.45) is 5.73 Å². The molecule has 2 N–H and O–H groups in total. The summed E-state index contributed by atoms with van der Waals surface area (Å²) in [5.74, 6) is 1.32. The Hall–Kier alpha value is -0.980. The lowest BCUT2D eigenvalue weighted by molar-refractivity contribution is 0.0665. The predicted octanol–water partition coefficient (Wildman–Crippen LogP) is 1.39. The smallest absolute Gasteiger partial charge is 0.232 e. The van der Waals surface area contributed by atoms with Crippen LogP contribution in [0.15, 0.2) is 4.52 Å². The van der Waals surface area contributed by atoms with E-state index in [4.69, 9.17) is 19.7 Å². The third kappa shape index (κ3) is 3.28. The van der Waals surface area contributed by atoms with Crippen molar-refractivity contribution in [3.8, 4) is 0 Å². The van der Waals surface area contributed by atoms with Gasteiger partial charge in [-0.25, -0.2) is 0 Å². The fourth-order valence-electron chi connectivity index (χ4n) is 1.92. The van der Waals surface area contributed by atoms with Crippen LogP contribution in [0.2, 0.25) is 0 Å². The molecule has 2 rings (SSSR count). The summed E-state index contributed by atoms with van der Waals surface area (Å²) in [6.07, 6.45) is 1.31. The van der Waals surface area contributed by atoms with Crippen LogP contribution >= 0.6 is 0 Å². The van der Waals surface area contributed by atoms with Gasteiger partial charge >= 0.3 is 0 Å². The number of hydrogen-bond donors (Lipinski definition) is 1. The molecule has 3 atom stereocenters. The van der Waals surface area contributed by atoms with Crippen molar-refractivity contribution < 1.29 is 14.0 Å². The van der Waals surface area contributed by atoms with Gasteiger partial charge in [-0.2, -0.15) is 4.98 Å². The van der Waals surface area contributed by atoms with Crippen molar-refractivity contribution in [1.82, 2.24) is 10.1 Å². The van der Waals surface area contributed by atoms with Crippen LogP contribution in [0.4, 0.5) is 0 Å². The van der Waals surface area contributed by atoms with E-state index in [9.17, 15) is 0 Å². The Morgan fingerprint density at radius 3 is 2.89 bits per heavy atom. The Morgan fingerprint density at radius 1 is 1.50 bits per heavy atom. The summed E-state index contributed by atoms with van der Waals surface area (Å²) >= 11 is 0. The van der Waals surface area contributed by atoms with Crippen LogP contribution in [0.3, 0.4) is 0 Å². The van der Waals surface area contributed by atoms with E-state index < -0.39 is 0 Å². The van der Waals surface area contributed by atoms with E-state index in [0.717, 1.165) is 6.42 Å². The zero-order valence-corrected chi connectivity index (χ0v) is 11.1. The maximum atomic E-state index is 5.94. The molecule has 1 aromatic rings. The van der Waals surface area contributed by atoms with Gasteiger partial charge in [-0.3, -0.25) is 0 Å². The third-order valence-electron chi connectivity index (χ3n) is 2.95. The van der Waals surface area contributed by atoms with Gasteiger partial charge in [-0.1, -0.05) is 5.16 Å². The molecule has 0 saturated carbocycles. The number of ether oxygens (including phenoxy) is 2. The lowest BCUT2D eigenvalue weighted by Crippen LogP contribution is -2.20. The standard InChI is InChI=1S/C12H21N3O3/c1-7(2)16-6-10(13)11-14-12(18-15-11)9-4-8(3)17-5-9/h7-10H,4-6,13H2,1-3H3. The van der Waals surface area contributed by atoms with Crippen LogP contribution in [-0.2, 0) is 9.47 Å². The second-order valence-corrected chi connectivity index (χ2v) is 5.06. The van der Waals surface area contributed by atoms with E-state index in [1.165, 1.54) is 0 Å². The molecular formula is C12H21N3O3. The molecule has 0 amide bonds. The fraction of sp³-hybridized carbons (Fsp3) is 0.833. The van der Waals surface area contributed by atoms with E-state index in [1.54, 1.807) is 0 Å². The van der Waals surface area contributed by atoms with E-state index in [-0.39, 0.29) is 24.2 Å². The van der Waals surface area contributed by atoms with Crippen molar-refractivity contribution in [3.05, 3.63) is 11.7 Å². The maximum Gasteiger partial charge on any atom is 0.232 e. The molecule has 0 spiro atoms. The molecule has 0 aliphatic carbocycles. The van der Waals surface area contributed by atoms with Crippen molar-refractivity contribution >= 4 is 0 Å². The molecule has 6 nitrogen and oxygen atoms in total. The molecular weight excluding hydrogens is 234 g/mol. The van der Waals surface area contributed by atoms with E-state index in [2.05, 4.69) is 10.1 Å². The highest BCUT2D eigenvalue weighted by Crippen LogP contribution is 2.28. The molecule has 0 radical (unpaired) electrons. The van der Waals surface area contributed by atoms with Crippen LogP contribution < -0.4 is 5.73 Å². The molecule has 102 valence electrons. The van der Waals surface area contributed by atoms with Crippen LogP contribution in [-0.4, -0.2) is 35.6 Å². The summed E-state index contributed by atoms with van der Waals surface area (Å²) in [4.78, 5) is 4.34. The van der Waals surface area contributed by atoms with Crippen LogP contribution in [0.5, 0.6) is 0 Å². The van der Waals surface area contributed by atoms with Gasteiger partial charge in [0.05, 0.1) is 37.4 Å². The van der Waals surface area contributed by atoms with Gasteiger partial charge in [0.15, 0.2) is 5.82 Å². The summed E-state index contributed by atoms with van der Waals surface area (Å²) in [7, 11) is 0. The molecule has 1 aromatic heterocycles. The summed E-state index contributed by atoms with van der Waals surface area (Å²) in [6.45, 7) is 7.01. The molecule has 1 saturated heterocycles. The SMILES string of the molecule is CC(C)OCC(N)c1noc(C2COC(C)C2)n1. The minimum Gasteiger partial charge on any atom is -0.378 e. The quantitative estimate of drug-likeness (QED) is 0.856. The first-order valence-electron chi connectivity index (χ1n) is 6.38. The molecule has 0 bridgehead atoms. The van der Waals surface area contributed by atoms with Gasteiger partial charge in [0, 0.05) is 0 Å². The lowest BCUT2D eigenvalue weighted by atomic mass is 10.1. The highest BCUT2D eigenvalue weighted by Gasteiger charge is 2.29. The van der Waals surface area contributed by atoms with Crippen molar-refractivity contribution in [2.45, 2.75) is 51.4 Å². The van der Waals surface area contributed by atoms with Gasteiger partial charge in [-0.15, -0.1) is 0 Å². The number of aromatic nitrogens is 2. The molecule has 0 aromatic carbocycles. The Kier molecular flexibility index (Phi) is 4.31. The molecule has 1 fully saturated rings. The minimum absolute atomic E-state index is 0.145. The van der Waals surface area contributed by atoms with Crippen molar-refractivity contribution in [1.29, 1.82) is 0 Å². The molecule has 2 heterocycles. The average molecular weight is 255 g/mol. The number of hydrogen-bond acceptors (Lipinski definition) is 6. The first-order valence-corrected chi connectivity index (χ1v) is 6.38. The van der Waals surface area contributed by atoms with Crippen molar-refractivity contribution in [3.63, 3.8) is 0 Å². The highest BCUT2D eigenvalue weighted by molar-refractivity contribution is 5.00. The average Bonchev–Trinajstić information content (AvgIpc) is 2.93. The second-order valence-electron chi connectivity index (χ2n) is 5.06. The van der Waals surface area contributed by atoms with Gasteiger partial charge in [0.25, 0.3) is 0 Å². The van der Waals surface area contributed by atoms with Crippen LogP contribution in [0.25, 0.3) is 0 Å². The fourth-order valence-corrected chi connectivity index (χ4v) is 1.92. The number of rotatable bonds is 5. The predicted molar refractivity (Wildman–Crippen MR) is 65.1 cm³/mol. The normalized spacial score (nSPS) is 25.8. The topological polar surface area (TPSA) is 83.4 Å². The molecule has 1 aliphatic rings. The minimum atomic E-state index is -0.343. The Morgan fingerprint density at radius 2 is 2.28 bits per heavy atom. The third-order valence-corrected chi connectivity index (χ3v) is 2.95. The monoisotopic (exact) mass is 255 g/mol. The number of nitrogens with two attached hydrogens (primary N) is 1. The Labute approximate surface area is 107 Å². The molecule has 18 heavy (non-hydrogen) atoms. The zero-order chi connectivity index (χ0) is 13.1. The first-order chi connectivity index (χ1) is 8.56. The maximum absolute atomic E-state index is 5.94. The van der Waals surface area contributed by atoms with Gasteiger partial charge in [0.1, 0.15) is 0 Å². The summed E-state index contributed by atoms with van der Waals surface area (Å²) < 4.78 is 16.2. The van der Waals surface area contributed by atoms with E-state index in [0.29, 0.717) is 24.9 Å². The Bertz CT molecular complexity index is 380. The second kappa shape index (κ2) is 5.77. The zero-order valence-electron chi connectivity index (χ0n) is 11.1. The molecule has 3 unspecified atom stereocenters. The molecule has 1 aliphatic heterocycles. The summed E-state index contributed by atoms with van der Waals surface area (Å²) in [5, 5.41) is 3.92. The Balaban J connectivity index is 1.93. The van der Waals surface area contributed by atoms with Crippen LogP contribution in [0.1, 0.15) is 50.9 Å². The largest absolute Gasteiger partial charge is 0.378 e. The lowest BCUT2D eigenvalue weighted by Gasteiger charge is -2.10. The summed E-state index contributed by atoms with van der Waals surface area (Å²) in [6, 6.07) is -0.343. The highest BCUT2D eigenvalue weighted by atomic mass is 16.5. The van der Waals surface area contributed by atoms with E-state index in [1.807, 2.05) is 20.8 Å². The van der Waals surface area contributed by atoms with Gasteiger partial charge in [0.2, 0.25) is 5.89 Å². The van der Waals surface area contributed by atoms with Gasteiger partial charge in [-0.05, 0) is 27.2 Å². The number of nitrogens with zero attached hydrogens (tertiary/aromatic N) is 2.